The van der Waals surface area contributed by atoms with Crippen LogP contribution in [0.1, 0.15) is 39.2 Å². The summed E-state index contributed by atoms with van der Waals surface area (Å²) in [7, 11) is 0. The van der Waals surface area contributed by atoms with Gasteiger partial charge in [0.05, 0.1) is 11.0 Å². The van der Waals surface area contributed by atoms with Gasteiger partial charge < -0.3 is 14.4 Å². The zero-order valence-electron chi connectivity index (χ0n) is 14.1. The largest absolute Gasteiger partial charge is 0.444 e. The lowest BCUT2D eigenvalue weighted by Crippen LogP contribution is -2.45. The highest BCUT2D eigenvalue weighted by Crippen LogP contribution is 2.28. The molecule has 0 bridgehead atoms. The minimum atomic E-state index is -0.602. The molecule has 1 aromatic carbocycles. The Morgan fingerprint density at radius 2 is 2.04 bits per heavy atom. The zero-order valence-corrected chi connectivity index (χ0v) is 16.4. The lowest BCUT2D eigenvalue weighted by atomic mass is 10.1. The van der Waals surface area contributed by atoms with Gasteiger partial charge in [0.2, 0.25) is 0 Å². The third-order valence-corrected chi connectivity index (χ3v) is 4.65. The van der Waals surface area contributed by atoms with Crippen LogP contribution in [0.25, 0.3) is 0 Å². The summed E-state index contributed by atoms with van der Waals surface area (Å²) in [5, 5.41) is 0.406. The maximum atomic E-state index is 13.9. The van der Waals surface area contributed by atoms with Gasteiger partial charge in [-0.3, -0.25) is 0 Å². The summed E-state index contributed by atoms with van der Waals surface area (Å²) in [4.78, 5) is 14.3. The first-order chi connectivity index (χ1) is 11.2. The van der Waals surface area contributed by atoms with Crippen LogP contribution in [0.4, 0.5) is 9.18 Å². The van der Waals surface area contributed by atoms with Crippen LogP contribution >= 0.6 is 27.5 Å². The molecule has 0 unspecified atom stereocenters. The van der Waals surface area contributed by atoms with Crippen LogP contribution in [0.2, 0.25) is 5.02 Å². The Balaban J connectivity index is 2.25. The van der Waals surface area contributed by atoms with Crippen molar-refractivity contribution < 1.29 is 18.7 Å². The second-order valence-electron chi connectivity index (χ2n) is 6.81. The molecule has 0 aliphatic carbocycles. The summed E-state index contributed by atoms with van der Waals surface area (Å²) in [6.07, 6.45) is 1.01. The highest BCUT2D eigenvalue weighted by molar-refractivity contribution is 9.10. The smallest absolute Gasteiger partial charge is 0.410 e. The molecule has 1 fully saturated rings. The van der Waals surface area contributed by atoms with Crippen molar-refractivity contribution in [3.8, 4) is 0 Å². The van der Waals surface area contributed by atoms with Gasteiger partial charge >= 0.3 is 6.09 Å². The van der Waals surface area contributed by atoms with Crippen molar-refractivity contribution in [1.29, 1.82) is 0 Å². The normalized spacial score (nSPS) is 16.1. The molecule has 7 heteroatoms. The van der Waals surface area contributed by atoms with Gasteiger partial charge in [-0.05, 0) is 67.2 Å². The molecule has 1 aliphatic rings. The average molecular weight is 423 g/mol. The number of hydrogen-bond donors (Lipinski definition) is 0. The number of amides is 1. The Hall–Kier alpha value is -0.850. The number of halogens is 3. The minimum Gasteiger partial charge on any atom is -0.444 e. The van der Waals surface area contributed by atoms with Crippen molar-refractivity contribution in [2.24, 2.45) is 0 Å². The van der Waals surface area contributed by atoms with E-state index in [0.717, 1.165) is 12.8 Å². The number of nitrogens with zero attached hydrogens (tertiary/aromatic N) is 1. The standard InChI is InChI=1S/C17H22BrClFNO3/c1-17(2,3)24-16(22)21(12-4-6-23-7-5-12)10-11-8-15(20)13(18)9-14(11)19/h8-9,12H,4-7,10H2,1-3H3. The quantitative estimate of drug-likeness (QED) is 0.632. The Morgan fingerprint density at radius 3 is 2.62 bits per heavy atom. The van der Waals surface area contributed by atoms with Crippen LogP contribution in [0.15, 0.2) is 16.6 Å². The molecular formula is C17H22BrClFNO3. The molecule has 24 heavy (non-hydrogen) atoms. The number of rotatable bonds is 3. The van der Waals surface area contributed by atoms with Crippen LogP contribution in [0.5, 0.6) is 0 Å². The van der Waals surface area contributed by atoms with E-state index in [-0.39, 0.29) is 12.6 Å². The van der Waals surface area contributed by atoms with Gasteiger partial charge in [0.25, 0.3) is 0 Å². The SMILES string of the molecule is CC(C)(C)OC(=O)N(Cc1cc(F)c(Br)cc1Cl)C1CCOCC1. The lowest BCUT2D eigenvalue weighted by Gasteiger charge is -2.35. The molecule has 134 valence electrons. The first-order valence-electron chi connectivity index (χ1n) is 7.88. The summed E-state index contributed by atoms with van der Waals surface area (Å²) in [6.45, 7) is 6.83. The first kappa shape index (κ1) is 19.5. The molecule has 0 aromatic heterocycles. The summed E-state index contributed by atoms with van der Waals surface area (Å²) in [6, 6.07) is 2.84. The van der Waals surface area contributed by atoms with E-state index in [4.69, 9.17) is 21.1 Å². The average Bonchev–Trinajstić information content (AvgIpc) is 2.48. The Morgan fingerprint density at radius 1 is 1.42 bits per heavy atom. The fourth-order valence-corrected chi connectivity index (χ4v) is 3.23. The predicted molar refractivity (Wildman–Crippen MR) is 94.7 cm³/mol. The summed E-state index contributed by atoms with van der Waals surface area (Å²) in [5.74, 6) is -0.412. The molecule has 1 heterocycles. The van der Waals surface area contributed by atoms with E-state index in [1.54, 1.807) is 4.90 Å². The number of carbonyl (C=O) groups excluding carboxylic acids is 1. The maximum Gasteiger partial charge on any atom is 0.410 e. The van der Waals surface area contributed by atoms with Gasteiger partial charge in [0.15, 0.2) is 0 Å². The molecule has 0 atom stereocenters. The molecular weight excluding hydrogens is 401 g/mol. The highest BCUT2D eigenvalue weighted by Gasteiger charge is 2.30. The molecule has 4 nitrogen and oxygen atoms in total. The van der Waals surface area contributed by atoms with Gasteiger partial charge in [-0.2, -0.15) is 0 Å². The van der Waals surface area contributed by atoms with Crippen molar-refractivity contribution >= 4 is 33.6 Å². The fraction of sp³-hybridized carbons (Fsp3) is 0.588. The molecule has 1 amide bonds. The molecule has 1 saturated heterocycles. The van der Waals surface area contributed by atoms with E-state index in [2.05, 4.69) is 15.9 Å². The number of benzene rings is 1. The van der Waals surface area contributed by atoms with Crippen molar-refractivity contribution in [3.05, 3.63) is 33.0 Å². The molecule has 0 saturated carbocycles. The predicted octanol–water partition coefficient (Wildman–Crippen LogP) is 5.16. The number of hydrogen-bond acceptors (Lipinski definition) is 3. The molecule has 1 aromatic rings. The lowest BCUT2D eigenvalue weighted by molar-refractivity contribution is -0.00809. The monoisotopic (exact) mass is 421 g/mol. The molecule has 0 radical (unpaired) electrons. The number of carbonyl (C=O) groups is 1. The van der Waals surface area contributed by atoms with Crippen LogP contribution in [-0.2, 0) is 16.0 Å². The zero-order chi connectivity index (χ0) is 17.9. The van der Waals surface area contributed by atoms with Gasteiger partial charge in [-0.25, -0.2) is 9.18 Å². The summed E-state index contributed by atoms with van der Waals surface area (Å²) in [5.41, 5.74) is -0.0513. The van der Waals surface area contributed by atoms with Crippen LogP contribution in [0.3, 0.4) is 0 Å². The maximum absolute atomic E-state index is 13.9. The van der Waals surface area contributed by atoms with Crippen LogP contribution < -0.4 is 0 Å². The topological polar surface area (TPSA) is 38.8 Å². The molecule has 0 N–H and O–H groups in total. The van der Waals surface area contributed by atoms with Crippen LogP contribution in [0, 0.1) is 5.82 Å². The Bertz CT molecular complexity index is 600. The third kappa shape index (κ3) is 5.33. The number of ether oxygens (including phenoxy) is 2. The third-order valence-electron chi connectivity index (χ3n) is 3.69. The second-order valence-corrected chi connectivity index (χ2v) is 8.07. The van der Waals surface area contributed by atoms with Crippen molar-refractivity contribution in [2.75, 3.05) is 13.2 Å². The Kier molecular flexibility index (Phi) is 6.51. The van der Waals surface area contributed by atoms with E-state index in [1.807, 2.05) is 20.8 Å². The minimum absolute atomic E-state index is 0.0172. The fourth-order valence-electron chi connectivity index (χ4n) is 2.53. The Labute approximate surface area is 155 Å². The van der Waals surface area contributed by atoms with Crippen molar-refractivity contribution in [3.63, 3.8) is 0 Å². The van der Waals surface area contributed by atoms with E-state index < -0.39 is 17.5 Å². The first-order valence-corrected chi connectivity index (χ1v) is 9.05. The van der Waals surface area contributed by atoms with E-state index in [9.17, 15) is 9.18 Å². The second kappa shape index (κ2) is 8.02. The van der Waals surface area contributed by atoms with Gasteiger partial charge in [0, 0.05) is 24.3 Å². The molecule has 1 aliphatic heterocycles. The van der Waals surface area contributed by atoms with Gasteiger partial charge in [-0.15, -0.1) is 0 Å². The van der Waals surface area contributed by atoms with Gasteiger partial charge in [-0.1, -0.05) is 11.6 Å². The highest BCUT2D eigenvalue weighted by atomic mass is 79.9. The van der Waals surface area contributed by atoms with E-state index >= 15 is 0 Å². The van der Waals surface area contributed by atoms with E-state index in [1.165, 1.54) is 12.1 Å². The molecule has 2 rings (SSSR count). The van der Waals surface area contributed by atoms with Crippen LogP contribution in [-0.4, -0.2) is 35.8 Å². The molecule has 0 spiro atoms. The van der Waals surface area contributed by atoms with Gasteiger partial charge in [0.1, 0.15) is 11.4 Å². The van der Waals surface area contributed by atoms with E-state index in [0.29, 0.717) is 28.3 Å². The van der Waals surface area contributed by atoms with Crippen molar-refractivity contribution in [1.82, 2.24) is 4.90 Å². The van der Waals surface area contributed by atoms with Crippen molar-refractivity contribution in [2.45, 2.75) is 51.8 Å². The summed E-state index contributed by atoms with van der Waals surface area (Å²) < 4.78 is 25.0. The summed E-state index contributed by atoms with van der Waals surface area (Å²) >= 11 is 9.33.